The molecule has 0 amide bonds. The van der Waals surface area contributed by atoms with Crippen LogP contribution in [0.2, 0.25) is 0 Å². The summed E-state index contributed by atoms with van der Waals surface area (Å²) in [5.41, 5.74) is 6.36. The normalized spacial score (nSPS) is 10.4. The molecule has 2 aromatic rings. The van der Waals surface area contributed by atoms with Crippen molar-refractivity contribution in [2.75, 3.05) is 5.73 Å². The molecule has 1 aromatic carbocycles. The van der Waals surface area contributed by atoms with Crippen molar-refractivity contribution in [3.8, 4) is 0 Å². The van der Waals surface area contributed by atoms with Gasteiger partial charge in [0.15, 0.2) is 5.16 Å². The monoisotopic (exact) mass is 250 g/mol. The number of hydrogen-bond donors (Lipinski definition) is 2. The van der Waals surface area contributed by atoms with Gasteiger partial charge in [0.2, 0.25) is 0 Å². The van der Waals surface area contributed by atoms with Gasteiger partial charge >= 0.3 is 5.97 Å². The quantitative estimate of drug-likeness (QED) is 0.796. The Morgan fingerprint density at radius 2 is 2.29 bits per heavy atom. The van der Waals surface area contributed by atoms with E-state index in [2.05, 4.69) is 10.2 Å². The summed E-state index contributed by atoms with van der Waals surface area (Å²) in [7, 11) is 1.79. The summed E-state index contributed by atoms with van der Waals surface area (Å²) in [6, 6.07) is 4.66. The Morgan fingerprint density at radius 3 is 2.88 bits per heavy atom. The Kier molecular flexibility index (Phi) is 3.01. The van der Waals surface area contributed by atoms with Crippen LogP contribution in [0.3, 0.4) is 0 Å². The second kappa shape index (κ2) is 4.46. The van der Waals surface area contributed by atoms with E-state index in [9.17, 15) is 4.79 Å². The lowest BCUT2D eigenvalue weighted by Crippen LogP contribution is -2.00. The molecule has 0 saturated heterocycles. The third-order valence-corrected chi connectivity index (χ3v) is 3.22. The maximum absolute atomic E-state index is 11.0. The lowest BCUT2D eigenvalue weighted by atomic mass is 10.2. The Bertz CT molecular complexity index is 567. The minimum Gasteiger partial charge on any atom is -0.478 e. The summed E-state index contributed by atoms with van der Waals surface area (Å²) in [6.07, 6.45) is 1.55. The molecule has 0 bridgehead atoms. The summed E-state index contributed by atoms with van der Waals surface area (Å²) in [6.45, 7) is 0. The fourth-order valence-electron chi connectivity index (χ4n) is 1.26. The van der Waals surface area contributed by atoms with Crippen LogP contribution in [0.15, 0.2) is 34.6 Å². The SMILES string of the molecule is Cn1cnnc1Sc1cc(N)ccc1C(=O)O. The highest BCUT2D eigenvalue weighted by atomic mass is 32.2. The van der Waals surface area contributed by atoms with Gasteiger partial charge < -0.3 is 15.4 Å². The zero-order chi connectivity index (χ0) is 12.4. The number of carbonyl (C=O) groups is 1. The number of nitrogens with zero attached hydrogens (tertiary/aromatic N) is 3. The van der Waals surface area contributed by atoms with Gasteiger partial charge in [-0.3, -0.25) is 0 Å². The molecule has 88 valence electrons. The molecule has 0 aliphatic carbocycles. The topological polar surface area (TPSA) is 94.0 Å². The number of carboxylic acids is 1. The van der Waals surface area contributed by atoms with Gasteiger partial charge in [-0.05, 0) is 30.0 Å². The van der Waals surface area contributed by atoms with E-state index in [0.717, 1.165) is 0 Å². The summed E-state index contributed by atoms with van der Waals surface area (Å²) in [4.78, 5) is 11.6. The summed E-state index contributed by atoms with van der Waals surface area (Å²) in [5, 5.41) is 17.3. The Labute approximate surface area is 101 Å². The number of rotatable bonds is 3. The number of benzene rings is 1. The highest BCUT2D eigenvalue weighted by Crippen LogP contribution is 2.30. The van der Waals surface area contributed by atoms with E-state index in [4.69, 9.17) is 10.8 Å². The largest absolute Gasteiger partial charge is 0.478 e. The Morgan fingerprint density at radius 1 is 1.53 bits per heavy atom. The average Bonchev–Trinajstić information content (AvgIpc) is 2.64. The van der Waals surface area contributed by atoms with Gasteiger partial charge in [-0.15, -0.1) is 10.2 Å². The number of anilines is 1. The van der Waals surface area contributed by atoms with Crippen LogP contribution in [0.25, 0.3) is 0 Å². The van der Waals surface area contributed by atoms with Crippen molar-refractivity contribution in [1.29, 1.82) is 0 Å². The van der Waals surface area contributed by atoms with Gasteiger partial charge in [0.05, 0.1) is 5.56 Å². The van der Waals surface area contributed by atoms with E-state index >= 15 is 0 Å². The molecule has 0 saturated carbocycles. The third-order valence-electron chi connectivity index (χ3n) is 2.11. The first kappa shape index (κ1) is 11.5. The molecular formula is C10H10N4O2S. The fourth-order valence-corrected chi connectivity index (χ4v) is 2.20. The molecule has 2 rings (SSSR count). The van der Waals surface area contributed by atoms with Gasteiger partial charge in [0.25, 0.3) is 0 Å². The first-order valence-corrected chi connectivity index (χ1v) is 5.54. The van der Waals surface area contributed by atoms with E-state index in [-0.39, 0.29) is 5.56 Å². The Balaban J connectivity index is 2.41. The van der Waals surface area contributed by atoms with Crippen LogP contribution in [0.1, 0.15) is 10.4 Å². The Hall–Kier alpha value is -2.02. The first-order chi connectivity index (χ1) is 8.08. The molecule has 7 heteroatoms. The lowest BCUT2D eigenvalue weighted by Gasteiger charge is -2.05. The predicted molar refractivity (Wildman–Crippen MR) is 62.9 cm³/mol. The van der Waals surface area contributed by atoms with E-state index in [0.29, 0.717) is 15.7 Å². The van der Waals surface area contributed by atoms with Crippen LogP contribution >= 0.6 is 11.8 Å². The molecule has 17 heavy (non-hydrogen) atoms. The smallest absolute Gasteiger partial charge is 0.336 e. The molecule has 0 aliphatic heterocycles. The van der Waals surface area contributed by atoms with Crippen LogP contribution in [0.4, 0.5) is 5.69 Å². The highest BCUT2D eigenvalue weighted by molar-refractivity contribution is 7.99. The van der Waals surface area contributed by atoms with Crippen LogP contribution in [-0.4, -0.2) is 25.8 Å². The average molecular weight is 250 g/mol. The number of carboxylic acid groups (broad SMARTS) is 1. The predicted octanol–water partition coefficient (Wildman–Crippen LogP) is 1.25. The minimum atomic E-state index is -0.991. The first-order valence-electron chi connectivity index (χ1n) is 4.72. The van der Waals surface area contributed by atoms with Crippen molar-refractivity contribution in [3.05, 3.63) is 30.1 Å². The molecule has 0 spiro atoms. The van der Waals surface area contributed by atoms with Crippen LogP contribution in [-0.2, 0) is 7.05 Å². The standard InChI is InChI=1S/C10H10N4O2S/c1-14-5-12-13-10(14)17-8-4-6(11)2-3-7(8)9(15)16/h2-5H,11H2,1H3,(H,15,16). The minimum absolute atomic E-state index is 0.201. The third kappa shape index (κ3) is 2.39. The van der Waals surface area contributed by atoms with Crippen molar-refractivity contribution in [1.82, 2.24) is 14.8 Å². The van der Waals surface area contributed by atoms with Gasteiger partial charge in [-0.25, -0.2) is 4.79 Å². The molecule has 3 N–H and O–H groups in total. The number of aromatic nitrogens is 3. The van der Waals surface area contributed by atoms with Gasteiger partial charge in [0, 0.05) is 17.6 Å². The van der Waals surface area contributed by atoms with Crippen LogP contribution in [0.5, 0.6) is 0 Å². The van der Waals surface area contributed by atoms with E-state index in [1.165, 1.54) is 17.8 Å². The van der Waals surface area contributed by atoms with Crippen molar-refractivity contribution in [2.45, 2.75) is 10.1 Å². The van der Waals surface area contributed by atoms with Crippen molar-refractivity contribution in [3.63, 3.8) is 0 Å². The lowest BCUT2D eigenvalue weighted by molar-refractivity contribution is 0.0693. The number of nitrogens with two attached hydrogens (primary N) is 1. The molecule has 0 fully saturated rings. The zero-order valence-corrected chi connectivity index (χ0v) is 9.81. The molecule has 0 unspecified atom stereocenters. The second-order valence-electron chi connectivity index (χ2n) is 3.39. The van der Waals surface area contributed by atoms with Crippen LogP contribution < -0.4 is 5.73 Å². The zero-order valence-electron chi connectivity index (χ0n) is 8.99. The van der Waals surface area contributed by atoms with Crippen molar-refractivity contribution >= 4 is 23.4 Å². The molecule has 1 aromatic heterocycles. The van der Waals surface area contributed by atoms with E-state index < -0.39 is 5.97 Å². The summed E-state index contributed by atoms with van der Waals surface area (Å²) >= 11 is 1.22. The van der Waals surface area contributed by atoms with Crippen molar-refractivity contribution < 1.29 is 9.90 Å². The number of nitrogen functional groups attached to an aromatic ring is 1. The van der Waals surface area contributed by atoms with Gasteiger partial charge in [0.1, 0.15) is 6.33 Å². The molecular weight excluding hydrogens is 240 g/mol. The molecule has 0 aliphatic rings. The molecule has 0 radical (unpaired) electrons. The molecule has 1 heterocycles. The fraction of sp³-hybridized carbons (Fsp3) is 0.100. The van der Waals surface area contributed by atoms with Gasteiger partial charge in [-0.1, -0.05) is 0 Å². The molecule has 6 nitrogen and oxygen atoms in total. The van der Waals surface area contributed by atoms with E-state index in [1.807, 2.05) is 0 Å². The van der Waals surface area contributed by atoms with Gasteiger partial charge in [-0.2, -0.15) is 0 Å². The summed E-state index contributed by atoms with van der Waals surface area (Å²) < 4.78 is 1.71. The number of aryl methyl sites for hydroxylation is 1. The summed E-state index contributed by atoms with van der Waals surface area (Å²) in [5.74, 6) is -0.991. The highest BCUT2D eigenvalue weighted by Gasteiger charge is 2.13. The second-order valence-corrected chi connectivity index (χ2v) is 4.40. The van der Waals surface area contributed by atoms with Crippen LogP contribution in [0, 0.1) is 0 Å². The van der Waals surface area contributed by atoms with Crippen molar-refractivity contribution in [2.24, 2.45) is 7.05 Å². The molecule has 0 atom stereocenters. The number of hydrogen-bond acceptors (Lipinski definition) is 5. The van der Waals surface area contributed by atoms with E-state index in [1.54, 1.807) is 30.1 Å². The maximum atomic E-state index is 11.0. The maximum Gasteiger partial charge on any atom is 0.336 e. The number of aromatic carboxylic acids is 1.